The van der Waals surface area contributed by atoms with Crippen molar-refractivity contribution in [1.82, 2.24) is 14.7 Å². The molecular formula is C19H24FN3O2. The minimum absolute atomic E-state index is 0.114. The maximum Gasteiger partial charge on any atom is 0.257 e. The smallest absolute Gasteiger partial charge is 0.257 e. The van der Waals surface area contributed by atoms with Crippen LogP contribution in [0.1, 0.15) is 41.4 Å². The summed E-state index contributed by atoms with van der Waals surface area (Å²) in [5.74, 6) is -0.418. The number of amides is 1. The topological polar surface area (TPSA) is 58.4 Å². The molecule has 0 aliphatic carbocycles. The molecule has 1 amide bonds. The van der Waals surface area contributed by atoms with Crippen LogP contribution in [0.15, 0.2) is 30.5 Å². The molecule has 1 aromatic heterocycles. The summed E-state index contributed by atoms with van der Waals surface area (Å²) in [4.78, 5) is 14.8. The minimum atomic E-state index is -0.609. The van der Waals surface area contributed by atoms with Crippen LogP contribution in [0.4, 0.5) is 4.39 Å². The number of carbonyl (C=O) groups excluding carboxylic acids is 1. The molecule has 134 valence electrons. The number of hydrogen-bond acceptors (Lipinski definition) is 3. The number of nitrogens with zero attached hydrogens (tertiary/aromatic N) is 3. The van der Waals surface area contributed by atoms with Gasteiger partial charge in [-0.2, -0.15) is 5.10 Å². The van der Waals surface area contributed by atoms with E-state index >= 15 is 0 Å². The SMILES string of the molecule is CCn1ncc(C(=O)N2CCC[C@H](O)[C@@H]2Cc2cccc(F)c2)c1C. The largest absolute Gasteiger partial charge is 0.391 e. The van der Waals surface area contributed by atoms with Crippen molar-refractivity contribution < 1.29 is 14.3 Å². The van der Waals surface area contributed by atoms with Crippen LogP contribution < -0.4 is 0 Å². The molecule has 1 N–H and O–H groups in total. The maximum absolute atomic E-state index is 13.5. The predicted molar refractivity (Wildman–Crippen MR) is 92.8 cm³/mol. The number of hydrogen-bond donors (Lipinski definition) is 1. The maximum atomic E-state index is 13.5. The fraction of sp³-hybridized carbons (Fsp3) is 0.474. The molecule has 5 nitrogen and oxygen atoms in total. The number of benzene rings is 1. The quantitative estimate of drug-likeness (QED) is 0.926. The van der Waals surface area contributed by atoms with Crippen LogP contribution in [-0.4, -0.2) is 44.4 Å². The fourth-order valence-electron chi connectivity index (χ4n) is 3.57. The van der Waals surface area contributed by atoms with Crippen LogP contribution in [0.25, 0.3) is 0 Å². The first-order chi connectivity index (χ1) is 12.0. The molecule has 2 aromatic rings. The van der Waals surface area contributed by atoms with Gasteiger partial charge in [0.05, 0.1) is 23.9 Å². The molecule has 1 fully saturated rings. The number of carbonyl (C=O) groups is 1. The molecule has 2 atom stereocenters. The molecule has 1 aliphatic rings. The van der Waals surface area contributed by atoms with Gasteiger partial charge in [-0.05, 0) is 50.8 Å². The van der Waals surface area contributed by atoms with Crippen LogP contribution >= 0.6 is 0 Å². The van der Waals surface area contributed by atoms with E-state index in [0.29, 0.717) is 31.5 Å². The molecule has 0 spiro atoms. The van der Waals surface area contributed by atoms with Crippen molar-refractivity contribution in [2.75, 3.05) is 6.54 Å². The lowest BCUT2D eigenvalue weighted by atomic mass is 9.92. The molecule has 0 radical (unpaired) electrons. The highest BCUT2D eigenvalue weighted by Gasteiger charge is 2.34. The molecule has 1 saturated heterocycles. The van der Waals surface area contributed by atoms with Gasteiger partial charge in [0, 0.05) is 18.8 Å². The van der Waals surface area contributed by atoms with E-state index in [1.165, 1.54) is 12.1 Å². The first-order valence-electron chi connectivity index (χ1n) is 8.77. The summed E-state index contributed by atoms with van der Waals surface area (Å²) >= 11 is 0. The van der Waals surface area contributed by atoms with Gasteiger partial charge in [-0.3, -0.25) is 9.48 Å². The zero-order valence-corrected chi connectivity index (χ0v) is 14.7. The number of halogens is 1. The monoisotopic (exact) mass is 345 g/mol. The van der Waals surface area contributed by atoms with Crippen molar-refractivity contribution >= 4 is 5.91 Å². The number of piperidine rings is 1. The second-order valence-electron chi connectivity index (χ2n) is 6.57. The third-order valence-corrected chi connectivity index (χ3v) is 4.97. The Labute approximate surface area is 147 Å². The molecule has 1 aliphatic heterocycles. The van der Waals surface area contributed by atoms with Crippen molar-refractivity contribution in [3.8, 4) is 0 Å². The van der Waals surface area contributed by atoms with E-state index in [-0.39, 0.29) is 17.8 Å². The van der Waals surface area contributed by atoms with Crippen LogP contribution in [0.3, 0.4) is 0 Å². The lowest BCUT2D eigenvalue weighted by molar-refractivity contribution is 0.0118. The van der Waals surface area contributed by atoms with Crippen molar-refractivity contribution in [2.45, 2.75) is 51.8 Å². The number of likely N-dealkylation sites (tertiary alicyclic amines) is 1. The van der Waals surface area contributed by atoms with Crippen LogP contribution in [0, 0.1) is 12.7 Å². The van der Waals surface area contributed by atoms with Crippen molar-refractivity contribution in [3.05, 3.63) is 53.1 Å². The van der Waals surface area contributed by atoms with E-state index in [1.54, 1.807) is 21.8 Å². The Hall–Kier alpha value is -2.21. The first-order valence-corrected chi connectivity index (χ1v) is 8.77. The van der Waals surface area contributed by atoms with Gasteiger partial charge in [0.2, 0.25) is 0 Å². The average molecular weight is 345 g/mol. The highest BCUT2D eigenvalue weighted by Crippen LogP contribution is 2.24. The minimum Gasteiger partial charge on any atom is -0.391 e. The number of rotatable bonds is 4. The Morgan fingerprint density at radius 2 is 2.24 bits per heavy atom. The second kappa shape index (κ2) is 7.35. The number of aromatic nitrogens is 2. The van der Waals surface area contributed by atoms with Crippen molar-refractivity contribution in [2.24, 2.45) is 0 Å². The third-order valence-electron chi connectivity index (χ3n) is 4.97. The third kappa shape index (κ3) is 3.58. The standard InChI is InChI=1S/C19H24FN3O2/c1-3-23-13(2)16(12-21-23)19(25)22-9-5-8-18(24)17(22)11-14-6-4-7-15(20)10-14/h4,6-7,10,12,17-18,24H,3,5,8-9,11H2,1-2H3/t17-,18-/m0/s1. The van der Waals surface area contributed by atoms with Gasteiger partial charge in [0.25, 0.3) is 5.91 Å². The number of aliphatic hydroxyl groups excluding tert-OH is 1. The molecule has 2 heterocycles. The summed E-state index contributed by atoms with van der Waals surface area (Å²) in [6.07, 6.45) is 2.83. The van der Waals surface area contributed by atoms with Gasteiger partial charge in [-0.1, -0.05) is 12.1 Å². The Morgan fingerprint density at radius 3 is 2.92 bits per heavy atom. The lowest BCUT2D eigenvalue weighted by Gasteiger charge is -2.39. The summed E-state index contributed by atoms with van der Waals surface area (Å²) in [5, 5.41) is 14.7. The average Bonchev–Trinajstić information content (AvgIpc) is 2.97. The Bertz CT molecular complexity index is 759. The summed E-state index contributed by atoms with van der Waals surface area (Å²) < 4.78 is 15.3. The summed E-state index contributed by atoms with van der Waals surface area (Å²) in [7, 11) is 0. The van der Waals surface area contributed by atoms with Crippen molar-refractivity contribution in [1.29, 1.82) is 0 Å². The van der Waals surface area contributed by atoms with Gasteiger partial charge in [-0.25, -0.2) is 4.39 Å². The normalized spacial score (nSPS) is 20.7. The summed E-state index contributed by atoms with van der Waals surface area (Å²) in [6, 6.07) is 5.98. The highest BCUT2D eigenvalue weighted by molar-refractivity contribution is 5.95. The Balaban J connectivity index is 1.86. The van der Waals surface area contributed by atoms with E-state index in [9.17, 15) is 14.3 Å². The van der Waals surface area contributed by atoms with E-state index in [1.807, 2.05) is 19.9 Å². The predicted octanol–water partition coefficient (Wildman–Crippen LogP) is 2.56. The molecule has 1 aromatic carbocycles. The lowest BCUT2D eigenvalue weighted by Crippen LogP contribution is -2.52. The molecule has 0 bridgehead atoms. The summed E-state index contributed by atoms with van der Waals surface area (Å²) in [5.41, 5.74) is 2.18. The molecule has 6 heteroatoms. The Morgan fingerprint density at radius 1 is 1.44 bits per heavy atom. The van der Waals surface area contributed by atoms with Gasteiger partial charge in [0.1, 0.15) is 5.82 Å². The van der Waals surface area contributed by atoms with Crippen molar-refractivity contribution in [3.63, 3.8) is 0 Å². The molecular weight excluding hydrogens is 321 g/mol. The first kappa shape index (κ1) is 17.6. The molecule has 0 unspecified atom stereocenters. The fourth-order valence-corrected chi connectivity index (χ4v) is 3.57. The van der Waals surface area contributed by atoms with Crippen LogP contribution in [0.2, 0.25) is 0 Å². The van der Waals surface area contributed by atoms with E-state index in [4.69, 9.17) is 0 Å². The van der Waals surface area contributed by atoms with Gasteiger partial charge in [0.15, 0.2) is 0 Å². The molecule has 0 saturated carbocycles. The van der Waals surface area contributed by atoms with Gasteiger partial charge in [-0.15, -0.1) is 0 Å². The van der Waals surface area contributed by atoms with Gasteiger partial charge < -0.3 is 10.0 Å². The number of aliphatic hydroxyl groups is 1. The zero-order valence-electron chi connectivity index (χ0n) is 14.7. The highest BCUT2D eigenvalue weighted by atomic mass is 19.1. The van der Waals surface area contributed by atoms with Gasteiger partial charge >= 0.3 is 0 Å². The second-order valence-corrected chi connectivity index (χ2v) is 6.57. The van der Waals surface area contributed by atoms with E-state index < -0.39 is 6.10 Å². The molecule has 3 rings (SSSR count). The van der Waals surface area contributed by atoms with Crippen LogP contribution in [0.5, 0.6) is 0 Å². The Kier molecular flexibility index (Phi) is 5.18. The summed E-state index contributed by atoms with van der Waals surface area (Å²) in [6.45, 7) is 5.15. The van der Waals surface area contributed by atoms with Crippen LogP contribution in [-0.2, 0) is 13.0 Å². The molecule has 25 heavy (non-hydrogen) atoms. The van der Waals surface area contributed by atoms with E-state index in [0.717, 1.165) is 17.7 Å². The van der Waals surface area contributed by atoms with E-state index in [2.05, 4.69) is 5.10 Å². The zero-order chi connectivity index (χ0) is 18.0. The number of aryl methyl sites for hydroxylation is 1.